The molecule has 8 heteroatoms. The van der Waals surface area contributed by atoms with E-state index in [1.165, 1.54) is 22.9 Å². The maximum atomic E-state index is 12.1. The number of carbonyl (C=O) groups excluding carboxylic acids is 1. The molecule has 0 aromatic carbocycles. The number of nitrogens with zero attached hydrogens (tertiary/aromatic N) is 4. The first kappa shape index (κ1) is 15.6. The molecule has 0 saturated heterocycles. The van der Waals surface area contributed by atoms with Crippen molar-refractivity contribution < 1.29 is 4.79 Å². The highest BCUT2D eigenvalue weighted by molar-refractivity contribution is 7.99. The number of hydrogen-bond donors (Lipinski definition) is 1. The number of H-pyrrole nitrogens is 1. The molecule has 0 unspecified atom stereocenters. The molecule has 2 rings (SSSR count). The van der Waals surface area contributed by atoms with E-state index in [0.29, 0.717) is 15.8 Å². The number of imidazole rings is 1. The summed E-state index contributed by atoms with van der Waals surface area (Å²) in [5.74, 6) is 0.0489. The van der Waals surface area contributed by atoms with Gasteiger partial charge in [-0.25, -0.2) is 9.97 Å². The molecule has 2 aromatic heterocycles. The molecule has 0 saturated carbocycles. The molecule has 0 radical (unpaired) electrons. The van der Waals surface area contributed by atoms with E-state index in [9.17, 15) is 4.79 Å². The normalized spacial score (nSPS) is 11.4. The van der Waals surface area contributed by atoms with Crippen LogP contribution < -0.4 is 0 Å². The minimum Gasteiger partial charge on any atom is -0.331 e. The summed E-state index contributed by atoms with van der Waals surface area (Å²) < 4.78 is 0. The number of hydrogen-bond acceptors (Lipinski definition) is 5. The quantitative estimate of drug-likeness (QED) is 0.873. The van der Waals surface area contributed by atoms with E-state index in [4.69, 9.17) is 16.9 Å². The number of amides is 1. The maximum absolute atomic E-state index is 12.1. The van der Waals surface area contributed by atoms with Crippen molar-refractivity contribution >= 4 is 40.4 Å². The fourth-order valence-electron chi connectivity index (χ4n) is 1.53. The van der Waals surface area contributed by atoms with E-state index in [1.807, 2.05) is 0 Å². The van der Waals surface area contributed by atoms with E-state index in [1.54, 1.807) is 27.0 Å². The Morgan fingerprint density at radius 1 is 1.62 bits per heavy atom. The van der Waals surface area contributed by atoms with Gasteiger partial charge in [0, 0.05) is 13.2 Å². The van der Waals surface area contributed by atoms with Gasteiger partial charge < -0.3 is 9.88 Å². The number of nitrogens with one attached hydrogen (secondary N) is 1. The van der Waals surface area contributed by atoms with Crippen molar-refractivity contribution in [1.82, 2.24) is 19.9 Å². The number of halogens is 1. The van der Waals surface area contributed by atoms with Crippen LogP contribution in [0.3, 0.4) is 0 Å². The van der Waals surface area contributed by atoms with E-state index in [2.05, 4.69) is 21.0 Å². The molecule has 0 fully saturated rings. The molecule has 1 N–H and O–H groups in total. The first-order valence-corrected chi connectivity index (χ1v) is 7.52. The monoisotopic (exact) mass is 323 g/mol. The van der Waals surface area contributed by atoms with Gasteiger partial charge in [0.15, 0.2) is 10.8 Å². The summed E-state index contributed by atoms with van der Waals surface area (Å²) in [5, 5.41) is 10.1. The Morgan fingerprint density at radius 2 is 2.33 bits per heavy atom. The third kappa shape index (κ3) is 3.46. The van der Waals surface area contributed by atoms with Gasteiger partial charge in [-0.15, -0.1) is 0 Å². The maximum Gasteiger partial charge on any atom is 0.234 e. The van der Waals surface area contributed by atoms with Gasteiger partial charge in [0.1, 0.15) is 5.54 Å². The van der Waals surface area contributed by atoms with Gasteiger partial charge in [-0.1, -0.05) is 23.4 Å². The number of nitriles is 1. The van der Waals surface area contributed by atoms with Crippen molar-refractivity contribution in [3.8, 4) is 6.07 Å². The average molecular weight is 324 g/mol. The van der Waals surface area contributed by atoms with Crippen LogP contribution in [0.5, 0.6) is 0 Å². The van der Waals surface area contributed by atoms with Gasteiger partial charge in [0.25, 0.3) is 0 Å². The molecule has 110 valence electrons. The van der Waals surface area contributed by atoms with E-state index >= 15 is 0 Å². The van der Waals surface area contributed by atoms with Crippen molar-refractivity contribution in [2.24, 2.45) is 0 Å². The minimum atomic E-state index is -0.833. The number of rotatable bonds is 4. The molecule has 2 heterocycles. The molecule has 6 nitrogen and oxygen atoms in total. The van der Waals surface area contributed by atoms with Crippen LogP contribution >= 0.6 is 23.4 Å². The summed E-state index contributed by atoms with van der Waals surface area (Å²) in [5.41, 5.74) is 0.448. The Kier molecular flexibility index (Phi) is 4.40. The third-order valence-electron chi connectivity index (χ3n) is 3.10. The van der Waals surface area contributed by atoms with E-state index < -0.39 is 5.54 Å². The SMILES string of the molecule is CN(C(=O)CSc1nc2ncc(Cl)cc2[nH]1)C(C)(C)C#N. The molecule has 0 aliphatic heterocycles. The molecule has 0 aliphatic rings. The first-order chi connectivity index (χ1) is 9.83. The number of pyridine rings is 1. The summed E-state index contributed by atoms with van der Waals surface area (Å²) >= 11 is 7.12. The van der Waals surface area contributed by atoms with Crippen molar-refractivity contribution in [2.75, 3.05) is 12.8 Å². The van der Waals surface area contributed by atoms with Gasteiger partial charge in [-0.05, 0) is 19.9 Å². The lowest BCUT2D eigenvalue weighted by atomic mass is 10.1. The van der Waals surface area contributed by atoms with Crippen molar-refractivity contribution in [3.63, 3.8) is 0 Å². The molecule has 21 heavy (non-hydrogen) atoms. The zero-order valence-corrected chi connectivity index (χ0v) is 13.4. The molecule has 0 spiro atoms. The lowest BCUT2D eigenvalue weighted by Gasteiger charge is -2.28. The molecule has 1 amide bonds. The van der Waals surface area contributed by atoms with Crippen molar-refractivity contribution in [2.45, 2.75) is 24.5 Å². The lowest BCUT2D eigenvalue weighted by Crippen LogP contribution is -2.44. The van der Waals surface area contributed by atoms with Crippen LogP contribution in [0, 0.1) is 11.3 Å². The Morgan fingerprint density at radius 3 is 3.00 bits per heavy atom. The van der Waals surface area contributed by atoms with Gasteiger partial charge in [-0.2, -0.15) is 5.26 Å². The summed E-state index contributed by atoms with van der Waals surface area (Å²) in [6.07, 6.45) is 1.52. The summed E-state index contributed by atoms with van der Waals surface area (Å²) in [6.45, 7) is 3.39. The summed E-state index contributed by atoms with van der Waals surface area (Å²) in [6, 6.07) is 3.83. The minimum absolute atomic E-state index is 0.141. The van der Waals surface area contributed by atoms with Gasteiger partial charge in [-0.3, -0.25) is 4.79 Å². The van der Waals surface area contributed by atoms with E-state index in [-0.39, 0.29) is 11.7 Å². The zero-order chi connectivity index (χ0) is 15.6. The second kappa shape index (κ2) is 5.92. The standard InChI is InChI=1S/C13H14ClN5OS/c1-13(2,7-15)19(3)10(20)6-21-12-17-9-4-8(14)5-16-11(9)18-12/h4-5H,6H2,1-3H3,(H,16,17,18). The third-order valence-corrected chi connectivity index (χ3v) is 4.17. The Bertz CT molecular complexity index is 721. The van der Waals surface area contributed by atoms with Crippen LogP contribution in [0.15, 0.2) is 17.4 Å². The largest absolute Gasteiger partial charge is 0.331 e. The topological polar surface area (TPSA) is 85.7 Å². The van der Waals surface area contributed by atoms with Crippen LogP contribution in [0.4, 0.5) is 0 Å². The lowest BCUT2D eigenvalue weighted by molar-refractivity contribution is -0.130. The predicted molar refractivity (Wildman–Crippen MR) is 82.1 cm³/mol. The van der Waals surface area contributed by atoms with Gasteiger partial charge in [0.2, 0.25) is 5.91 Å². The van der Waals surface area contributed by atoms with Crippen LogP contribution in [-0.2, 0) is 4.79 Å². The highest BCUT2D eigenvalue weighted by Crippen LogP contribution is 2.21. The molecule has 0 bridgehead atoms. The predicted octanol–water partition coefficient (Wildman–Crippen LogP) is 2.46. The highest BCUT2D eigenvalue weighted by atomic mass is 35.5. The van der Waals surface area contributed by atoms with Crippen LogP contribution in [0.25, 0.3) is 11.2 Å². The first-order valence-electron chi connectivity index (χ1n) is 6.15. The van der Waals surface area contributed by atoms with Gasteiger partial charge in [0.05, 0.1) is 22.4 Å². The number of aromatic nitrogens is 3. The number of carbonyl (C=O) groups is 1. The van der Waals surface area contributed by atoms with E-state index in [0.717, 1.165) is 5.52 Å². The summed E-state index contributed by atoms with van der Waals surface area (Å²) in [4.78, 5) is 24.9. The van der Waals surface area contributed by atoms with Crippen molar-refractivity contribution in [3.05, 3.63) is 17.3 Å². The number of aromatic amines is 1. The smallest absolute Gasteiger partial charge is 0.234 e. The second-order valence-electron chi connectivity index (χ2n) is 4.98. The fourth-order valence-corrected chi connectivity index (χ4v) is 2.48. The number of thioether (sulfide) groups is 1. The van der Waals surface area contributed by atoms with Crippen LogP contribution in [0.1, 0.15) is 13.8 Å². The number of fused-ring (bicyclic) bond motifs is 1. The molecule has 2 aromatic rings. The van der Waals surface area contributed by atoms with Gasteiger partial charge >= 0.3 is 0 Å². The highest BCUT2D eigenvalue weighted by Gasteiger charge is 2.27. The van der Waals surface area contributed by atoms with Crippen LogP contribution in [-0.4, -0.2) is 44.1 Å². The molecular weight excluding hydrogens is 310 g/mol. The molecule has 0 atom stereocenters. The zero-order valence-electron chi connectivity index (χ0n) is 11.8. The average Bonchev–Trinajstić information content (AvgIpc) is 2.85. The molecular formula is C13H14ClN5OS. The second-order valence-corrected chi connectivity index (χ2v) is 6.38. The summed E-state index contributed by atoms with van der Waals surface area (Å²) in [7, 11) is 1.62. The Labute approximate surface area is 131 Å². The Balaban J connectivity index is 2.05. The van der Waals surface area contributed by atoms with Crippen molar-refractivity contribution in [1.29, 1.82) is 5.26 Å². The van der Waals surface area contributed by atoms with Crippen LogP contribution in [0.2, 0.25) is 5.02 Å². The Hall–Kier alpha value is -1.78. The fraction of sp³-hybridized carbons (Fsp3) is 0.385. The molecule has 0 aliphatic carbocycles.